The van der Waals surface area contributed by atoms with E-state index in [1.54, 1.807) is 16.2 Å². The Hall–Kier alpha value is -2.42. The van der Waals surface area contributed by atoms with E-state index in [0.717, 1.165) is 24.1 Å². The van der Waals surface area contributed by atoms with Crippen LogP contribution in [0.15, 0.2) is 35.3 Å². The predicted molar refractivity (Wildman–Crippen MR) is 116 cm³/mol. The minimum absolute atomic E-state index is 0.000833. The number of H-pyrrole nitrogens is 1. The molecular weight excluding hydrogens is 445 g/mol. The number of carbonyl (C=O) groups excluding carboxylic acids is 2. The number of halogens is 2. The van der Waals surface area contributed by atoms with Crippen LogP contribution >= 0.6 is 34.5 Å². The monoisotopic (exact) mass is 461 g/mol. The van der Waals surface area contributed by atoms with E-state index in [0.29, 0.717) is 12.2 Å². The van der Waals surface area contributed by atoms with E-state index in [1.165, 1.54) is 12.4 Å². The van der Waals surface area contributed by atoms with E-state index in [1.807, 2.05) is 22.9 Å². The highest BCUT2D eigenvalue weighted by atomic mass is 35.5. The van der Waals surface area contributed by atoms with Crippen LogP contribution in [-0.4, -0.2) is 44.0 Å². The van der Waals surface area contributed by atoms with E-state index in [4.69, 9.17) is 23.2 Å². The van der Waals surface area contributed by atoms with Crippen LogP contribution in [-0.2, 0) is 4.79 Å². The summed E-state index contributed by atoms with van der Waals surface area (Å²) in [5.74, 6) is -0.194. The average molecular weight is 462 g/mol. The maximum Gasteiger partial charge on any atom is 0.257 e. The van der Waals surface area contributed by atoms with Crippen LogP contribution in [0.1, 0.15) is 29.6 Å². The lowest BCUT2D eigenvalue weighted by atomic mass is 9.88. The van der Waals surface area contributed by atoms with Crippen molar-refractivity contribution in [2.75, 3.05) is 5.32 Å². The summed E-state index contributed by atoms with van der Waals surface area (Å²) in [5.41, 5.74) is 2.12. The molecule has 3 aromatic rings. The number of aromatic amines is 1. The van der Waals surface area contributed by atoms with Crippen LogP contribution in [0, 0.1) is 5.92 Å². The number of rotatable bonds is 4. The Morgan fingerprint density at radius 1 is 1.23 bits per heavy atom. The fourth-order valence-corrected chi connectivity index (χ4v) is 5.68. The zero-order chi connectivity index (χ0) is 20.8. The number of thiophene rings is 1. The Bertz CT molecular complexity index is 1100. The summed E-state index contributed by atoms with van der Waals surface area (Å²) >= 11 is 14.0. The van der Waals surface area contributed by atoms with Crippen LogP contribution < -0.4 is 5.32 Å². The third-order valence-electron chi connectivity index (χ3n) is 5.84. The normalized spacial score (nSPS) is 22.5. The number of hydrogen-bond donors (Lipinski definition) is 2. The lowest BCUT2D eigenvalue weighted by Crippen LogP contribution is -2.39. The van der Waals surface area contributed by atoms with Gasteiger partial charge in [0, 0.05) is 41.5 Å². The molecule has 30 heavy (non-hydrogen) atoms. The maximum atomic E-state index is 13.2. The van der Waals surface area contributed by atoms with Gasteiger partial charge < -0.3 is 10.2 Å². The van der Waals surface area contributed by atoms with Crippen molar-refractivity contribution in [3.8, 4) is 11.3 Å². The summed E-state index contributed by atoms with van der Waals surface area (Å²) < 4.78 is 0. The standard InChI is InChI=1S/C20H17Cl2N5O2S/c21-13-7-23-8-14(22)18(13)20(29)27-11-1-2-16(27)12(5-11)19(28)24-17-6-15(25-26-17)10-3-4-30-9-10/h3-4,6-9,11-12,16H,1-2,5H2,(H2,24,25,26,28)/t11-,12?,16-/m0/s1. The van der Waals surface area contributed by atoms with Gasteiger partial charge in [0.15, 0.2) is 5.82 Å². The average Bonchev–Trinajstić information content (AvgIpc) is 3.50. The van der Waals surface area contributed by atoms with E-state index < -0.39 is 0 Å². The molecule has 0 aromatic carbocycles. The highest BCUT2D eigenvalue weighted by Crippen LogP contribution is 2.44. The molecule has 2 aliphatic rings. The molecule has 0 saturated carbocycles. The third kappa shape index (κ3) is 3.29. The van der Waals surface area contributed by atoms with Crippen LogP contribution in [0.5, 0.6) is 0 Å². The van der Waals surface area contributed by atoms with Crippen molar-refractivity contribution in [1.82, 2.24) is 20.1 Å². The first kappa shape index (κ1) is 19.5. The highest BCUT2D eigenvalue weighted by molar-refractivity contribution is 7.08. The number of hydrogen-bond acceptors (Lipinski definition) is 5. The highest BCUT2D eigenvalue weighted by Gasteiger charge is 2.51. The van der Waals surface area contributed by atoms with Crippen molar-refractivity contribution in [3.05, 3.63) is 50.9 Å². The van der Waals surface area contributed by atoms with Gasteiger partial charge in [-0.05, 0) is 30.7 Å². The number of pyridine rings is 1. The summed E-state index contributed by atoms with van der Waals surface area (Å²) in [6.45, 7) is 0. The molecule has 0 aliphatic carbocycles. The first-order chi connectivity index (χ1) is 14.5. The van der Waals surface area contributed by atoms with Gasteiger partial charge in [0.1, 0.15) is 0 Å². The number of fused-ring (bicyclic) bond motifs is 2. The molecule has 2 N–H and O–H groups in total. The molecule has 5 heterocycles. The molecule has 2 saturated heterocycles. The fourth-order valence-electron chi connectivity index (χ4n) is 4.50. The lowest BCUT2D eigenvalue weighted by Gasteiger charge is -2.24. The summed E-state index contributed by atoms with van der Waals surface area (Å²) in [6.07, 6.45) is 5.07. The van der Waals surface area contributed by atoms with Crippen molar-refractivity contribution in [2.24, 2.45) is 5.92 Å². The van der Waals surface area contributed by atoms with Crippen LogP contribution in [0.2, 0.25) is 10.0 Å². The Labute approximate surface area is 186 Å². The van der Waals surface area contributed by atoms with Crippen LogP contribution in [0.3, 0.4) is 0 Å². The van der Waals surface area contributed by atoms with Crippen LogP contribution in [0.25, 0.3) is 11.3 Å². The molecule has 154 valence electrons. The minimum atomic E-state index is -0.298. The van der Waals surface area contributed by atoms with Gasteiger partial charge >= 0.3 is 0 Å². The molecule has 2 amide bonds. The second-order valence-corrected chi connectivity index (χ2v) is 9.09. The van der Waals surface area contributed by atoms with Crippen molar-refractivity contribution in [3.63, 3.8) is 0 Å². The van der Waals surface area contributed by atoms with Gasteiger partial charge in [0.2, 0.25) is 5.91 Å². The summed E-state index contributed by atoms with van der Waals surface area (Å²) in [4.78, 5) is 31.9. The smallest absolute Gasteiger partial charge is 0.257 e. The molecule has 10 heteroatoms. The number of amides is 2. The third-order valence-corrected chi connectivity index (χ3v) is 7.09. The molecule has 1 unspecified atom stereocenters. The van der Waals surface area contributed by atoms with E-state index in [9.17, 15) is 9.59 Å². The molecule has 7 nitrogen and oxygen atoms in total. The van der Waals surface area contributed by atoms with Gasteiger partial charge in [0.05, 0.1) is 27.2 Å². The van der Waals surface area contributed by atoms with E-state index >= 15 is 0 Å². The van der Waals surface area contributed by atoms with Crippen molar-refractivity contribution in [2.45, 2.75) is 31.3 Å². The van der Waals surface area contributed by atoms with Gasteiger partial charge in [-0.1, -0.05) is 23.2 Å². The SMILES string of the molecule is O=C(Nc1cc(-c2ccsc2)[nH]n1)C1C[C@@H]2CC[C@@H]1N2C(=O)c1c(Cl)cncc1Cl. The van der Waals surface area contributed by atoms with Crippen molar-refractivity contribution in [1.29, 1.82) is 0 Å². The van der Waals surface area contributed by atoms with E-state index in [2.05, 4.69) is 20.5 Å². The molecule has 2 aliphatic heterocycles. The predicted octanol–water partition coefficient (Wildman–Crippen LogP) is 4.47. The topological polar surface area (TPSA) is 91.0 Å². The van der Waals surface area contributed by atoms with Gasteiger partial charge in [0.25, 0.3) is 5.91 Å². The molecular formula is C20H17Cl2N5O2S. The largest absolute Gasteiger partial charge is 0.332 e. The summed E-state index contributed by atoms with van der Waals surface area (Å²) in [7, 11) is 0. The zero-order valence-corrected chi connectivity index (χ0v) is 18.0. The molecule has 2 fully saturated rings. The fraction of sp³-hybridized carbons (Fsp3) is 0.300. The molecule has 3 atom stereocenters. The van der Waals surface area contributed by atoms with Gasteiger partial charge in [-0.15, -0.1) is 0 Å². The van der Waals surface area contributed by atoms with Crippen molar-refractivity contribution < 1.29 is 9.59 Å². The molecule has 3 aromatic heterocycles. The number of anilines is 1. The molecule has 0 spiro atoms. The van der Waals surface area contributed by atoms with E-state index in [-0.39, 0.29) is 45.4 Å². The molecule has 2 bridgehead atoms. The lowest BCUT2D eigenvalue weighted by molar-refractivity contribution is -0.120. The second-order valence-electron chi connectivity index (χ2n) is 7.50. The Balaban J connectivity index is 1.32. The zero-order valence-electron chi connectivity index (χ0n) is 15.6. The number of nitrogens with one attached hydrogen (secondary N) is 2. The van der Waals surface area contributed by atoms with Crippen LogP contribution in [0.4, 0.5) is 5.82 Å². The molecule has 5 rings (SSSR count). The summed E-state index contributed by atoms with van der Waals surface area (Å²) in [5, 5.41) is 14.5. The number of nitrogens with zero attached hydrogens (tertiary/aromatic N) is 3. The quantitative estimate of drug-likeness (QED) is 0.599. The first-order valence-electron chi connectivity index (χ1n) is 9.53. The van der Waals surface area contributed by atoms with Gasteiger partial charge in [-0.3, -0.25) is 19.7 Å². The first-order valence-corrected chi connectivity index (χ1v) is 11.2. The molecule has 0 radical (unpaired) electrons. The minimum Gasteiger partial charge on any atom is -0.332 e. The van der Waals surface area contributed by atoms with Gasteiger partial charge in [-0.25, -0.2) is 0 Å². The second kappa shape index (κ2) is 7.68. The number of aromatic nitrogens is 3. The Kier molecular flexibility index (Phi) is 5.00. The maximum absolute atomic E-state index is 13.2. The summed E-state index contributed by atoms with van der Waals surface area (Å²) in [6, 6.07) is 3.61. The Morgan fingerprint density at radius 3 is 2.77 bits per heavy atom. The number of carbonyl (C=O) groups is 2. The Morgan fingerprint density at radius 2 is 2.03 bits per heavy atom. The van der Waals surface area contributed by atoms with Gasteiger partial charge in [-0.2, -0.15) is 16.4 Å². The van der Waals surface area contributed by atoms with Crippen molar-refractivity contribution >= 4 is 52.2 Å².